The van der Waals surface area contributed by atoms with Crippen molar-refractivity contribution in [3.05, 3.63) is 58.6 Å². The van der Waals surface area contributed by atoms with Crippen LogP contribution in [0.2, 0.25) is 0 Å². The fourth-order valence-corrected chi connectivity index (χ4v) is 5.07. The van der Waals surface area contributed by atoms with Gasteiger partial charge in [0.05, 0.1) is 19.1 Å². The fraction of sp³-hybridized carbons (Fsp3) is 0.519. The Morgan fingerprint density at radius 1 is 1.14 bits per heavy atom. The van der Waals surface area contributed by atoms with Crippen molar-refractivity contribution >= 4 is 18.0 Å². The summed E-state index contributed by atoms with van der Waals surface area (Å²) in [4.78, 5) is 28.2. The van der Waals surface area contributed by atoms with Crippen LogP contribution >= 0.6 is 0 Å². The maximum atomic E-state index is 13.7. The second-order valence-corrected chi connectivity index (χ2v) is 9.70. The number of hydrazine groups is 1. The molecule has 2 unspecified atom stereocenters. The summed E-state index contributed by atoms with van der Waals surface area (Å²) in [5.41, 5.74) is 3.79. The second kappa shape index (κ2) is 11.9. The van der Waals surface area contributed by atoms with Gasteiger partial charge >= 0.3 is 0 Å². The van der Waals surface area contributed by atoms with E-state index < -0.39 is 0 Å². The lowest BCUT2D eigenvalue weighted by molar-refractivity contribution is -0.147. The molecule has 200 valence electrons. The molecule has 2 N–H and O–H groups in total. The maximum absolute atomic E-state index is 13.7. The molecule has 0 radical (unpaired) electrons. The van der Waals surface area contributed by atoms with Crippen LogP contribution < -0.4 is 10.6 Å². The lowest BCUT2D eigenvalue weighted by Gasteiger charge is -2.35. The first-order valence-electron chi connectivity index (χ1n) is 13.0. The molecule has 1 aromatic carbocycles. The number of hydrazone groups is 1. The lowest BCUT2D eigenvalue weighted by atomic mass is 9.90. The zero-order valence-electron chi connectivity index (χ0n) is 22.2. The number of rotatable bonds is 11. The Labute approximate surface area is 218 Å². The van der Waals surface area contributed by atoms with Crippen molar-refractivity contribution in [3.63, 3.8) is 0 Å². The Kier molecular flexibility index (Phi) is 8.60. The van der Waals surface area contributed by atoms with Gasteiger partial charge in [-0.2, -0.15) is 5.10 Å². The van der Waals surface area contributed by atoms with E-state index >= 15 is 0 Å². The molecule has 2 heterocycles. The summed E-state index contributed by atoms with van der Waals surface area (Å²) in [5, 5.41) is 16.2. The highest BCUT2D eigenvalue weighted by Gasteiger charge is 2.33. The number of hydrogen-bond donors (Lipinski definition) is 2. The van der Waals surface area contributed by atoms with Crippen LogP contribution in [0.1, 0.15) is 31.9 Å². The van der Waals surface area contributed by atoms with Crippen LogP contribution in [0.25, 0.3) is 0 Å². The standard InChI is InChI=1S/C27H38FN7O2/c1-5-29-9-10-30-26(36)17-33(24-13-21-14-31-35(6-2)25(21)11-19(24)3)18-27(37)32(4)34-15-20-7-8-23(28)12-22(20)16-34/h7-8,11-14,21,25,29H,5-6,9-10,15-18H2,1-4H3,(H,30,36). The number of nitrogens with zero attached hydrogens (tertiary/aromatic N) is 5. The number of halogens is 1. The molecule has 2 aliphatic heterocycles. The number of hydrogen-bond acceptors (Lipinski definition) is 7. The predicted molar refractivity (Wildman–Crippen MR) is 142 cm³/mol. The predicted octanol–water partition coefficient (Wildman–Crippen LogP) is 1.69. The number of nitrogens with one attached hydrogen (secondary N) is 2. The summed E-state index contributed by atoms with van der Waals surface area (Å²) in [6, 6.07) is 4.90. The summed E-state index contributed by atoms with van der Waals surface area (Å²) < 4.78 is 13.7. The smallest absolute Gasteiger partial charge is 0.256 e. The normalized spacial score (nSPS) is 20.3. The molecule has 0 fully saturated rings. The van der Waals surface area contributed by atoms with Crippen molar-refractivity contribution in [3.8, 4) is 0 Å². The van der Waals surface area contributed by atoms with Gasteiger partial charge in [0.15, 0.2) is 0 Å². The molecular formula is C27H38FN7O2. The van der Waals surface area contributed by atoms with E-state index in [1.54, 1.807) is 18.1 Å². The van der Waals surface area contributed by atoms with Gasteiger partial charge in [-0.05, 0) is 55.3 Å². The molecule has 37 heavy (non-hydrogen) atoms. The SMILES string of the molecule is CCNCCNC(=O)CN(CC(=O)N(C)N1Cc2ccc(F)cc2C1)C1=CC2C=NN(CC)C2C=C1C. The molecule has 3 aliphatic rings. The Hall–Kier alpha value is -3.24. The van der Waals surface area contributed by atoms with Gasteiger partial charge in [-0.1, -0.05) is 19.1 Å². The average molecular weight is 512 g/mol. The van der Waals surface area contributed by atoms with Gasteiger partial charge in [-0.3, -0.25) is 19.6 Å². The third kappa shape index (κ3) is 6.19. The van der Waals surface area contributed by atoms with Gasteiger partial charge in [0, 0.05) is 57.6 Å². The number of fused-ring (bicyclic) bond motifs is 2. The molecule has 2 atom stereocenters. The van der Waals surface area contributed by atoms with E-state index in [4.69, 9.17) is 0 Å². The van der Waals surface area contributed by atoms with Gasteiger partial charge in [-0.25, -0.2) is 9.40 Å². The Morgan fingerprint density at radius 3 is 2.68 bits per heavy atom. The van der Waals surface area contributed by atoms with Gasteiger partial charge in [-0.15, -0.1) is 0 Å². The fourth-order valence-electron chi connectivity index (χ4n) is 5.07. The van der Waals surface area contributed by atoms with E-state index in [0.717, 1.165) is 35.5 Å². The first kappa shape index (κ1) is 26.8. The molecule has 2 amide bonds. The molecule has 1 aromatic rings. The topological polar surface area (TPSA) is 83.5 Å². The van der Waals surface area contributed by atoms with E-state index in [9.17, 15) is 14.0 Å². The van der Waals surface area contributed by atoms with Crippen LogP contribution in [0.5, 0.6) is 0 Å². The van der Waals surface area contributed by atoms with Gasteiger partial charge in [0.1, 0.15) is 5.82 Å². The van der Waals surface area contributed by atoms with Gasteiger partial charge < -0.3 is 15.5 Å². The minimum absolute atomic E-state index is 0.0430. The summed E-state index contributed by atoms with van der Waals surface area (Å²) in [6.07, 6.45) is 6.22. The highest BCUT2D eigenvalue weighted by atomic mass is 19.1. The van der Waals surface area contributed by atoms with E-state index in [1.807, 2.05) is 35.0 Å². The molecule has 10 heteroatoms. The number of likely N-dealkylation sites (N-methyl/N-ethyl adjacent to an activating group) is 3. The summed E-state index contributed by atoms with van der Waals surface area (Å²) in [6.45, 7) is 10.1. The first-order chi connectivity index (χ1) is 17.8. The van der Waals surface area contributed by atoms with Crippen LogP contribution in [0.4, 0.5) is 4.39 Å². The van der Waals surface area contributed by atoms with E-state index in [-0.39, 0.29) is 42.7 Å². The van der Waals surface area contributed by atoms with Gasteiger partial charge in [0.2, 0.25) is 5.91 Å². The Bertz CT molecular complexity index is 1100. The minimum Gasteiger partial charge on any atom is -0.353 e. The summed E-state index contributed by atoms with van der Waals surface area (Å²) in [5.74, 6) is -0.458. The molecule has 9 nitrogen and oxygen atoms in total. The molecule has 0 aromatic heterocycles. The van der Waals surface area contributed by atoms with Crippen molar-refractivity contribution in [1.82, 2.24) is 30.6 Å². The molecule has 0 saturated carbocycles. The number of carbonyl (C=O) groups excluding carboxylic acids is 2. The monoisotopic (exact) mass is 511 g/mol. The number of carbonyl (C=O) groups is 2. The highest BCUT2D eigenvalue weighted by molar-refractivity contribution is 5.82. The second-order valence-electron chi connectivity index (χ2n) is 9.70. The van der Waals surface area contributed by atoms with Gasteiger partial charge in [0.25, 0.3) is 5.91 Å². The Balaban J connectivity index is 1.47. The van der Waals surface area contributed by atoms with Crippen molar-refractivity contribution in [2.24, 2.45) is 11.0 Å². The van der Waals surface area contributed by atoms with Crippen LogP contribution in [0.3, 0.4) is 0 Å². The largest absolute Gasteiger partial charge is 0.353 e. The maximum Gasteiger partial charge on any atom is 0.256 e. The van der Waals surface area contributed by atoms with E-state index in [2.05, 4.69) is 34.8 Å². The quantitative estimate of drug-likeness (QED) is 0.440. The van der Waals surface area contributed by atoms with Crippen LogP contribution in [0.15, 0.2) is 46.7 Å². The Morgan fingerprint density at radius 2 is 1.92 bits per heavy atom. The van der Waals surface area contributed by atoms with Crippen molar-refractivity contribution in [1.29, 1.82) is 0 Å². The molecule has 0 saturated heterocycles. The van der Waals surface area contributed by atoms with Crippen LogP contribution in [-0.2, 0) is 22.7 Å². The zero-order chi connectivity index (χ0) is 26.5. The van der Waals surface area contributed by atoms with Crippen molar-refractivity contribution in [2.45, 2.75) is 39.9 Å². The zero-order valence-corrected chi connectivity index (χ0v) is 22.2. The number of benzene rings is 1. The first-order valence-corrected chi connectivity index (χ1v) is 13.0. The molecule has 0 bridgehead atoms. The number of allylic oxidation sites excluding steroid dienone is 1. The average Bonchev–Trinajstić information content (AvgIpc) is 3.48. The third-order valence-electron chi connectivity index (χ3n) is 7.16. The highest BCUT2D eigenvalue weighted by Crippen LogP contribution is 2.31. The number of amides is 2. The van der Waals surface area contributed by atoms with Crippen LogP contribution in [-0.4, -0.2) is 90.3 Å². The third-order valence-corrected chi connectivity index (χ3v) is 7.16. The minimum atomic E-state index is -0.275. The van der Waals surface area contributed by atoms with Crippen molar-refractivity contribution in [2.75, 3.05) is 46.3 Å². The summed E-state index contributed by atoms with van der Waals surface area (Å²) >= 11 is 0. The molecule has 4 rings (SSSR count). The van der Waals surface area contributed by atoms with Crippen LogP contribution in [0, 0.1) is 11.7 Å². The summed E-state index contributed by atoms with van der Waals surface area (Å²) in [7, 11) is 1.73. The van der Waals surface area contributed by atoms with E-state index in [1.165, 1.54) is 12.1 Å². The van der Waals surface area contributed by atoms with E-state index in [0.29, 0.717) is 26.2 Å². The molecule has 1 aliphatic carbocycles. The molecular weight excluding hydrogens is 473 g/mol. The van der Waals surface area contributed by atoms with Crippen molar-refractivity contribution < 1.29 is 14.0 Å². The molecule has 0 spiro atoms. The lowest BCUT2D eigenvalue weighted by Crippen LogP contribution is -2.48.